The minimum Gasteiger partial charge on any atom is -0.496 e. The summed E-state index contributed by atoms with van der Waals surface area (Å²) in [6, 6.07) is 14.5. The van der Waals surface area contributed by atoms with Gasteiger partial charge in [0.15, 0.2) is 0 Å². The van der Waals surface area contributed by atoms with Gasteiger partial charge in [-0.3, -0.25) is 4.79 Å². The molecule has 2 unspecified atom stereocenters. The molecule has 184 valence electrons. The Balaban J connectivity index is 1.65. The number of hydrogen-bond acceptors (Lipinski definition) is 5. The number of carbonyl (C=O) groups is 1. The molecule has 1 aliphatic carbocycles. The molecule has 0 aliphatic heterocycles. The van der Waals surface area contributed by atoms with E-state index in [0.29, 0.717) is 29.7 Å². The number of amides is 1. The highest BCUT2D eigenvalue weighted by atomic mass is 32.2. The van der Waals surface area contributed by atoms with Crippen molar-refractivity contribution in [2.24, 2.45) is 0 Å². The van der Waals surface area contributed by atoms with Gasteiger partial charge in [0.25, 0.3) is 5.91 Å². The minimum atomic E-state index is -3.85. The number of benzene rings is 3. The largest absolute Gasteiger partial charge is 0.496 e. The van der Waals surface area contributed by atoms with E-state index in [4.69, 9.17) is 4.74 Å². The number of aliphatic hydroxyl groups is 1. The number of fused-ring (bicyclic) bond motifs is 1. The van der Waals surface area contributed by atoms with Crippen molar-refractivity contribution in [3.05, 3.63) is 88.0 Å². The monoisotopic (exact) mass is 494 g/mol. The predicted molar refractivity (Wildman–Crippen MR) is 135 cm³/mol. The molecule has 0 aromatic heterocycles. The molecular formula is C27H30N2O5S. The molecule has 0 saturated heterocycles. The standard InChI is InChI=1S/C27H30N2O5S/c1-16-14-24(34-4)17(2)18(3)25(16)27(31)28-20-12-10-19-11-13-23(30)26(22(19)15-20)29-35(32,33)21-8-6-5-7-9-21/h5-10,12,14-15,23,26,29-30H,11,13H2,1-4H3,(H,28,31). The van der Waals surface area contributed by atoms with Gasteiger partial charge in [0.05, 0.1) is 24.2 Å². The number of rotatable bonds is 6. The Morgan fingerprint density at radius 3 is 2.43 bits per heavy atom. The van der Waals surface area contributed by atoms with E-state index in [0.717, 1.165) is 28.0 Å². The predicted octanol–water partition coefficient (Wildman–Crippen LogP) is 4.20. The van der Waals surface area contributed by atoms with Gasteiger partial charge in [-0.2, -0.15) is 0 Å². The number of methoxy groups -OCH3 is 1. The highest BCUT2D eigenvalue weighted by Gasteiger charge is 2.32. The maximum atomic E-state index is 13.2. The molecule has 0 bridgehead atoms. The second kappa shape index (κ2) is 9.81. The summed E-state index contributed by atoms with van der Waals surface area (Å²) in [5, 5.41) is 13.6. The number of ether oxygens (including phenoxy) is 1. The van der Waals surface area contributed by atoms with Crippen molar-refractivity contribution in [3.8, 4) is 5.75 Å². The molecule has 0 saturated carbocycles. The Morgan fingerprint density at radius 2 is 1.74 bits per heavy atom. The van der Waals surface area contributed by atoms with Crippen molar-refractivity contribution >= 4 is 21.6 Å². The molecule has 0 spiro atoms. The van der Waals surface area contributed by atoms with Crippen LogP contribution in [0.5, 0.6) is 5.75 Å². The van der Waals surface area contributed by atoms with Crippen LogP contribution in [0.25, 0.3) is 0 Å². The van der Waals surface area contributed by atoms with Crippen molar-refractivity contribution in [3.63, 3.8) is 0 Å². The van der Waals surface area contributed by atoms with E-state index in [1.165, 1.54) is 12.1 Å². The van der Waals surface area contributed by atoms with Crippen molar-refractivity contribution < 1.29 is 23.1 Å². The molecule has 7 nitrogen and oxygen atoms in total. The zero-order valence-electron chi connectivity index (χ0n) is 20.3. The maximum absolute atomic E-state index is 13.2. The normalized spacial score (nSPS) is 17.5. The fourth-order valence-corrected chi connectivity index (χ4v) is 5.91. The second-order valence-corrected chi connectivity index (χ2v) is 10.6. The topological polar surface area (TPSA) is 105 Å². The molecule has 35 heavy (non-hydrogen) atoms. The molecule has 0 heterocycles. The van der Waals surface area contributed by atoms with Gasteiger partial charge in [0.2, 0.25) is 10.0 Å². The molecular weight excluding hydrogens is 464 g/mol. The van der Waals surface area contributed by atoms with Crippen molar-refractivity contribution in [1.82, 2.24) is 4.72 Å². The highest BCUT2D eigenvalue weighted by molar-refractivity contribution is 7.89. The lowest BCUT2D eigenvalue weighted by molar-refractivity contribution is 0.102. The van der Waals surface area contributed by atoms with Crippen LogP contribution in [-0.4, -0.2) is 32.6 Å². The summed E-state index contributed by atoms with van der Waals surface area (Å²) >= 11 is 0. The lowest BCUT2D eigenvalue weighted by atomic mass is 9.86. The molecule has 8 heteroatoms. The third kappa shape index (κ3) is 4.96. The van der Waals surface area contributed by atoms with E-state index in [9.17, 15) is 18.3 Å². The number of aliphatic hydroxyl groups excluding tert-OH is 1. The van der Waals surface area contributed by atoms with Crippen LogP contribution in [0.2, 0.25) is 0 Å². The molecule has 3 N–H and O–H groups in total. The zero-order chi connectivity index (χ0) is 25.3. The van der Waals surface area contributed by atoms with Gasteiger partial charge < -0.3 is 15.2 Å². The van der Waals surface area contributed by atoms with Crippen LogP contribution in [0, 0.1) is 20.8 Å². The molecule has 0 radical (unpaired) electrons. The summed E-state index contributed by atoms with van der Waals surface area (Å²) in [6.45, 7) is 5.66. The maximum Gasteiger partial charge on any atom is 0.256 e. The summed E-state index contributed by atoms with van der Waals surface area (Å²) in [6.07, 6.45) is 0.162. The molecule has 1 aliphatic rings. The Labute approximate surface area is 206 Å². The van der Waals surface area contributed by atoms with Crippen LogP contribution in [0.3, 0.4) is 0 Å². The average Bonchev–Trinajstić information content (AvgIpc) is 2.84. The lowest BCUT2D eigenvalue weighted by Gasteiger charge is -2.31. The number of anilines is 1. The third-order valence-electron chi connectivity index (χ3n) is 6.66. The second-order valence-electron chi connectivity index (χ2n) is 8.91. The number of nitrogens with one attached hydrogen (secondary N) is 2. The fraction of sp³-hybridized carbons (Fsp3) is 0.296. The summed E-state index contributed by atoms with van der Waals surface area (Å²) in [5.74, 6) is 0.469. The Morgan fingerprint density at radius 1 is 1.03 bits per heavy atom. The Bertz CT molecular complexity index is 1370. The van der Waals surface area contributed by atoms with Crippen LogP contribution in [-0.2, 0) is 16.4 Å². The van der Waals surface area contributed by atoms with Gasteiger partial charge in [-0.15, -0.1) is 0 Å². The number of hydrogen-bond donors (Lipinski definition) is 3. The minimum absolute atomic E-state index is 0.129. The van der Waals surface area contributed by atoms with Gasteiger partial charge in [-0.1, -0.05) is 24.3 Å². The van der Waals surface area contributed by atoms with Crippen LogP contribution in [0.15, 0.2) is 59.5 Å². The quantitative estimate of drug-likeness (QED) is 0.476. The van der Waals surface area contributed by atoms with Gasteiger partial charge in [-0.05, 0) is 91.8 Å². The van der Waals surface area contributed by atoms with Crippen LogP contribution < -0.4 is 14.8 Å². The first-order chi connectivity index (χ1) is 16.6. The van der Waals surface area contributed by atoms with E-state index >= 15 is 0 Å². The number of carbonyl (C=O) groups excluding carboxylic acids is 1. The molecule has 0 fully saturated rings. The molecule has 3 aromatic rings. The first-order valence-electron chi connectivity index (χ1n) is 11.5. The highest BCUT2D eigenvalue weighted by Crippen LogP contribution is 2.34. The van der Waals surface area contributed by atoms with Crippen LogP contribution in [0.1, 0.15) is 50.6 Å². The van der Waals surface area contributed by atoms with Crippen LogP contribution >= 0.6 is 0 Å². The van der Waals surface area contributed by atoms with Crippen LogP contribution in [0.4, 0.5) is 5.69 Å². The molecule has 2 atom stereocenters. The van der Waals surface area contributed by atoms with Crippen molar-refractivity contribution in [2.75, 3.05) is 12.4 Å². The third-order valence-corrected chi connectivity index (χ3v) is 8.12. The summed E-state index contributed by atoms with van der Waals surface area (Å²) in [4.78, 5) is 13.4. The summed E-state index contributed by atoms with van der Waals surface area (Å²) < 4.78 is 34.0. The Hall–Kier alpha value is -3.20. The van der Waals surface area contributed by atoms with E-state index in [2.05, 4.69) is 10.0 Å². The van der Waals surface area contributed by atoms with E-state index in [-0.39, 0.29) is 10.8 Å². The van der Waals surface area contributed by atoms with Gasteiger partial charge in [0, 0.05) is 11.3 Å². The van der Waals surface area contributed by atoms with Crippen molar-refractivity contribution in [1.29, 1.82) is 0 Å². The summed E-state index contributed by atoms with van der Waals surface area (Å²) in [7, 11) is -2.24. The van der Waals surface area contributed by atoms with Crippen molar-refractivity contribution in [2.45, 2.75) is 50.7 Å². The van der Waals surface area contributed by atoms with Gasteiger partial charge >= 0.3 is 0 Å². The average molecular weight is 495 g/mol. The number of aryl methyl sites for hydroxylation is 2. The van der Waals surface area contributed by atoms with E-state index < -0.39 is 22.2 Å². The summed E-state index contributed by atoms with van der Waals surface area (Å²) in [5.41, 5.74) is 5.21. The fourth-order valence-electron chi connectivity index (χ4n) is 4.64. The van der Waals surface area contributed by atoms with Gasteiger partial charge in [0.1, 0.15) is 5.75 Å². The zero-order valence-corrected chi connectivity index (χ0v) is 21.1. The lowest BCUT2D eigenvalue weighted by Crippen LogP contribution is -2.39. The van der Waals surface area contributed by atoms with E-state index in [1.807, 2.05) is 32.9 Å². The van der Waals surface area contributed by atoms with E-state index in [1.54, 1.807) is 37.4 Å². The molecule has 3 aromatic carbocycles. The SMILES string of the molecule is COc1cc(C)c(C(=O)Nc2ccc3c(c2)C(NS(=O)(=O)c2ccccc2)C(O)CC3)c(C)c1C. The Kier molecular flexibility index (Phi) is 6.98. The van der Waals surface area contributed by atoms with Gasteiger partial charge in [-0.25, -0.2) is 13.1 Å². The molecule has 1 amide bonds. The smallest absolute Gasteiger partial charge is 0.256 e. The first-order valence-corrected chi connectivity index (χ1v) is 12.9. The number of sulfonamides is 1. The molecule has 4 rings (SSSR count). The first kappa shape index (κ1) is 24.9.